The van der Waals surface area contributed by atoms with Crippen LogP contribution in [-0.2, 0) is 0 Å². The molecule has 0 saturated heterocycles. The first kappa shape index (κ1) is 12.4. The summed E-state index contributed by atoms with van der Waals surface area (Å²) in [5.41, 5.74) is 0.754. The van der Waals surface area contributed by atoms with Gasteiger partial charge >= 0.3 is 0 Å². The minimum Gasteiger partial charge on any atom is -0.393 e. The number of hydrogen-bond acceptors (Lipinski definition) is 1. The molecule has 2 rings (SSSR count). The second-order valence-corrected chi connectivity index (χ2v) is 7.32. The summed E-state index contributed by atoms with van der Waals surface area (Å²) in [6.07, 6.45) is 5.26. The van der Waals surface area contributed by atoms with Crippen LogP contribution in [-0.4, -0.2) is 11.2 Å². The quantitative estimate of drug-likeness (QED) is 0.772. The molecule has 0 spiro atoms. The topological polar surface area (TPSA) is 20.2 Å². The summed E-state index contributed by atoms with van der Waals surface area (Å²) in [6, 6.07) is 0. The van der Waals surface area contributed by atoms with Crippen LogP contribution in [0.4, 0.5) is 0 Å². The van der Waals surface area contributed by atoms with Crippen LogP contribution < -0.4 is 0 Å². The van der Waals surface area contributed by atoms with Gasteiger partial charge in [0.25, 0.3) is 0 Å². The van der Waals surface area contributed by atoms with Crippen LogP contribution >= 0.6 is 0 Å². The Kier molecular flexibility index (Phi) is 2.89. The lowest BCUT2D eigenvalue weighted by atomic mass is 9.73. The van der Waals surface area contributed by atoms with E-state index in [0.29, 0.717) is 5.41 Å². The van der Waals surface area contributed by atoms with Gasteiger partial charge in [0.2, 0.25) is 0 Å². The first-order chi connectivity index (χ1) is 7.28. The van der Waals surface area contributed by atoms with Gasteiger partial charge in [-0.3, -0.25) is 0 Å². The van der Waals surface area contributed by atoms with Crippen LogP contribution in [0, 0.1) is 28.6 Å². The van der Waals surface area contributed by atoms with E-state index in [1.807, 2.05) is 6.92 Å². The summed E-state index contributed by atoms with van der Waals surface area (Å²) in [5.74, 6) is 2.53. The second-order valence-electron chi connectivity index (χ2n) is 7.32. The van der Waals surface area contributed by atoms with E-state index in [4.69, 9.17) is 0 Å². The van der Waals surface area contributed by atoms with E-state index >= 15 is 0 Å². The van der Waals surface area contributed by atoms with Gasteiger partial charge < -0.3 is 5.11 Å². The summed E-state index contributed by atoms with van der Waals surface area (Å²) in [4.78, 5) is 0. The number of rotatable bonds is 3. The monoisotopic (exact) mass is 224 g/mol. The van der Waals surface area contributed by atoms with Crippen molar-refractivity contribution >= 4 is 0 Å². The molecule has 0 aromatic rings. The van der Waals surface area contributed by atoms with Gasteiger partial charge in [0, 0.05) is 0 Å². The van der Waals surface area contributed by atoms with Crippen LogP contribution in [0.25, 0.3) is 0 Å². The van der Waals surface area contributed by atoms with Gasteiger partial charge in [-0.05, 0) is 61.2 Å². The Morgan fingerprint density at radius 1 is 1.19 bits per heavy atom. The maximum Gasteiger partial charge on any atom is 0.0568 e. The van der Waals surface area contributed by atoms with Crippen LogP contribution in [0.2, 0.25) is 0 Å². The van der Waals surface area contributed by atoms with Gasteiger partial charge in [0.05, 0.1) is 6.10 Å². The molecule has 1 nitrogen and oxygen atoms in total. The zero-order valence-corrected chi connectivity index (χ0v) is 11.6. The summed E-state index contributed by atoms with van der Waals surface area (Å²) in [7, 11) is 0. The van der Waals surface area contributed by atoms with E-state index in [2.05, 4.69) is 27.7 Å². The highest BCUT2D eigenvalue weighted by Gasteiger charge is 2.55. The average Bonchev–Trinajstić information content (AvgIpc) is 2.77. The molecule has 16 heavy (non-hydrogen) atoms. The van der Waals surface area contributed by atoms with Crippen molar-refractivity contribution in [2.45, 2.75) is 66.4 Å². The van der Waals surface area contributed by atoms with Crippen LogP contribution in [0.15, 0.2) is 0 Å². The van der Waals surface area contributed by atoms with Crippen molar-refractivity contribution < 1.29 is 5.11 Å². The molecule has 2 aliphatic carbocycles. The van der Waals surface area contributed by atoms with E-state index in [9.17, 15) is 5.11 Å². The lowest BCUT2D eigenvalue weighted by Crippen LogP contribution is -2.25. The van der Waals surface area contributed by atoms with Crippen molar-refractivity contribution in [2.24, 2.45) is 28.6 Å². The average molecular weight is 224 g/mol. The summed E-state index contributed by atoms with van der Waals surface area (Å²) in [6.45, 7) is 11.5. The Balaban J connectivity index is 1.94. The van der Waals surface area contributed by atoms with Gasteiger partial charge in [-0.1, -0.05) is 27.7 Å². The summed E-state index contributed by atoms with van der Waals surface area (Å²) >= 11 is 0. The number of aliphatic hydroxyl groups excluding tert-OH is 1. The third kappa shape index (κ3) is 1.81. The van der Waals surface area contributed by atoms with Gasteiger partial charge in [-0.15, -0.1) is 0 Å². The summed E-state index contributed by atoms with van der Waals surface area (Å²) < 4.78 is 0. The van der Waals surface area contributed by atoms with E-state index in [0.717, 1.165) is 17.8 Å². The molecule has 0 aromatic heterocycles. The molecule has 0 aliphatic heterocycles. The fourth-order valence-corrected chi connectivity index (χ4v) is 3.70. The van der Waals surface area contributed by atoms with Gasteiger partial charge in [-0.25, -0.2) is 0 Å². The summed E-state index contributed by atoms with van der Waals surface area (Å²) in [5, 5.41) is 9.78. The molecule has 1 N–H and O–H groups in total. The smallest absolute Gasteiger partial charge is 0.0568 e. The maximum absolute atomic E-state index is 9.78. The van der Waals surface area contributed by atoms with Crippen LogP contribution in [0.1, 0.15) is 60.3 Å². The maximum atomic E-state index is 9.78. The zero-order valence-electron chi connectivity index (χ0n) is 11.6. The predicted octanol–water partition coefficient (Wildman–Crippen LogP) is 3.86. The van der Waals surface area contributed by atoms with E-state index in [-0.39, 0.29) is 11.5 Å². The first-order valence-corrected chi connectivity index (χ1v) is 6.96. The van der Waals surface area contributed by atoms with Gasteiger partial charge in [-0.2, -0.15) is 0 Å². The second kappa shape index (κ2) is 3.73. The molecule has 0 amide bonds. The van der Waals surface area contributed by atoms with Crippen molar-refractivity contribution in [3.05, 3.63) is 0 Å². The van der Waals surface area contributed by atoms with Crippen molar-refractivity contribution in [2.75, 3.05) is 0 Å². The molecule has 5 atom stereocenters. The van der Waals surface area contributed by atoms with Crippen molar-refractivity contribution in [3.8, 4) is 0 Å². The molecule has 2 fully saturated rings. The third-order valence-corrected chi connectivity index (χ3v) is 6.25. The normalized spacial score (nSPS) is 48.0. The molecule has 0 heterocycles. The molecule has 94 valence electrons. The molecule has 4 unspecified atom stereocenters. The SMILES string of the molecule is CC(O)C1(C)CC1C[C@@H]1CCC(C)C1(C)C. The highest BCUT2D eigenvalue weighted by molar-refractivity contribution is 5.04. The Morgan fingerprint density at radius 2 is 1.81 bits per heavy atom. The fraction of sp³-hybridized carbons (Fsp3) is 1.00. The van der Waals surface area contributed by atoms with Crippen LogP contribution in [0.5, 0.6) is 0 Å². The number of hydrogen-bond donors (Lipinski definition) is 1. The van der Waals surface area contributed by atoms with E-state index < -0.39 is 0 Å². The first-order valence-electron chi connectivity index (χ1n) is 6.96. The predicted molar refractivity (Wildman–Crippen MR) is 68.2 cm³/mol. The van der Waals surface area contributed by atoms with Crippen LogP contribution in [0.3, 0.4) is 0 Å². The molecule has 0 radical (unpaired) electrons. The van der Waals surface area contributed by atoms with Crippen molar-refractivity contribution in [1.82, 2.24) is 0 Å². The molecule has 0 aromatic carbocycles. The van der Waals surface area contributed by atoms with E-state index in [1.165, 1.54) is 25.7 Å². The number of aliphatic hydroxyl groups is 1. The van der Waals surface area contributed by atoms with Crippen molar-refractivity contribution in [1.29, 1.82) is 0 Å². The molecule has 2 saturated carbocycles. The third-order valence-electron chi connectivity index (χ3n) is 6.25. The zero-order chi connectivity index (χ0) is 12.1. The Hall–Kier alpha value is -0.0400. The van der Waals surface area contributed by atoms with E-state index in [1.54, 1.807) is 0 Å². The minimum atomic E-state index is -0.126. The molecule has 1 heteroatoms. The lowest BCUT2D eigenvalue weighted by Gasteiger charge is -2.32. The Labute approximate surface area is 101 Å². The van der Waals surface area contributed by atoms with Gasteiger partial charge in [0.1, 0.15) is 0 Å². The molecular weight excluding hydrogens is 196 g/mol. The molecular formula is C15H28O. The van der Waals surface area contributed by atoms with Gasteiger partial charge in [0.15, 0.2) is 0 Å². The Bertz CT molecular complexity index is 269. The molecule has 0 bridgehead atoms. The highest BCUT2D eigenvalue weighted by Crippen LogP contribution is 2.61. The standard InChI is InChI=1S/C15H28O/c1-10-6-7-12(14(10,3)4)8-13-9-15(13,5)11(2)16/h10-13,16H,6-9H2,1-5H3/t10?,11?,12-,13?,15?/m0/s1. The van der Waals surface area contributed by atoms with Crippen molar-refractivity contribution in [3.63, 3.8) is 0 Å². The largest absolute Gasteiger partial charge is 0.393 e. The molecule has 2 aliphatic rings. The lowest BCUT2D eigenvalue weighted by molar-refractivity contribution is 0.101. The fourth-order valence-electron chi connectivity index (χ4n) is 3.70. The highest BCUT2D eigenvalue weighted by atomic mass is 16.3. The minimum absolute atomic E-state index is 0.126. The Morgan fingerprint density at radius 3 is 2.19 bits per heavy atom.